The number of hydrogen-bond donors (Lipinski definition) is 1. The Hall–Kier alpha value is -1.02. The van der Waals surface area contributed by atoms with Crippen molar-refractivity contribution in [1.82, 2.24) is 25.2 Å². The third-order valence-electron chi connectivity index (χ3n) is 3.10. The van der Waals surface area contributed by atoms with E-state index in [1.165, 1.54) is 0 Å². The van der Waals surface area contributed by atoms with Crippen molar-refractivity contribution in [2.24, 2.45) is 0 Å². The third kappa shape index (κ3) is 8.11. The summed E-state index contributed by atoms with van der Waals surface area (Å²) in [5, 5.41) is 11.3. The Bertz CT molecular complexity index is 349. The summed E-state index contributed by atoms with van der Waals surface area (Å²) in [7, 11) is 1.90. The highest BCUT2D eigenvalue weighted by Crippen LogP contribution is 1.96. The zero-order valence-corrected chi connectivity index (χ0v) is 13.5. The molecule has 0 bridgehead atoms. The van der Waals surface area contributed by atoms with Crippen LogP contribution in [0.15, 0.2) is 6.20 Å². The molecule has 0 aliphatic heterocycles. The van der Waals surface area contributed by atoms with Crippen LogP contribution in [0.4, 0.5) is 0 Å². The van der Waals surface area contributed by atoms with Crippen LogP contribution >= 0.6 is 0 Å². The topological polar surface area (TPSA) is 64.4 Å². The molecule has 0 spiro atoms. The van der Waals surface area contributed by atoms with Gasteiger partial charge in [0.15, 0.2) is 0 Å². The van der Waals surface area contributed by atoms with Gasteiger partial charge in [0.1, 0.15) is 0 Å². The molecule has 0 unspecified atom stereocenters. The van der Waals surface area contributed by atoms with E-state index in [0.717, 1.165) is 64.8 Å². The van der Waals surface area contributed by atoms with Crippen molar-refractivity contribution in [3.8, 4) is 0 Å². The lowest BCUT2D eigenvalue weighted by Crippen LogP contribution is -2.34. The van der Waals surface area contributed by atoms with Crippen LogP contribution in [0.25, 0.3) is 0 Å². The van der Waals surface area contributed by atoms with Crippen molar-refractivity contribution >= 4 is 0 Å². The first kappa shape index (κ1) is 18.0. The van der Waals surface area contributed by atoms with Gasteiger partial charge in [-0.1, -0.05) is 5.21 Å². The summed E-state index contributed by atoms with van der Waals surface area (Å²) in [5.74, 6) is 0. The fourth-order valence-corrected chi connectivity index (χ4v) is 1.97. The van der Waals surface area contributed by atoms with E-state index >= 15 is 0 Å². The molecule has 0 radical (unpaired) electrons. The SMILES string of the molecule is CCOCCN(CCOCC)CCn1cc(CNC)nn1. The van der Waals surface area contributed by atoms with Crippen LogP contribution in [0, 0.1) is 0 Å². The number of nitrogens with zero attached hydrogens (tertiary/aromatic N) is 4. The van der Waals surface area contributed by atoms with Crippen LogP contribution in [-0.4, -0.2) is 73.0 Å². The van der Waals surface area contributed by atoms with Crippen LogP contribution in [0.5, 0.6) is 0 Å². The number of rotatable bonds is 13. The van der Waals surface area contributed by atoms with Gasteiger partial charge in [-0.25, -0.2) is 0 Å². The van der Waals surface area contributed by atoms with Gasteiger partial charge in [-0.2, -0.15) is 0 Å². The molecule has 1 rings (SSSR count). The Morgan fingerprint density at radius 1 is 1.14 bits per heavy atom. The molecule has 1 heterocycles. The van der Waals surface area contributed by atoms with E-state index in [2.05, 4.69) is 20.5 Å². The summed E-state index contributed by atoms with van der Waals surface area (Å²) in [6.45, 7) is 11.4. The highest BCUT2D eigenvalue weighted by atomic mass is 16.5. The second-order valence-electron chi connectivity index (χ2n) is 4.74. The Balaban J connectivity index is 2.34. The minimum atomic E-state index is 0.748. The van der Waals surface area contributed by atoms with Gasteiger partial charge in [0.2, 0.25) is 0 Å². The summed E-state index contributed by atoms with van der Waals surface area (Å²) < 4.78 is 12.8. The van der Waals surface area contributed by atoms with Crippen molar-refractivity contribution in [2.45, 2.75) is 26.9 Å². The number of hydrogen-bond acceptors (Lipinski definition) is 6. The Morgan fingerprint density at radius 3 is 2.38 bits per heavy atom. The minimum Gasteiger partial charge on any atom is -0.380 e. The molecule has 0 amide bonds. The van der Waals surface area contributed by atoms with Gasteiger partial charge in [-0.05, 0) is 20.9 Å². The molecular weight excluding hydrogens is 270 g/mol. The number of aromatic nitrogens is 3. The van der Waals surface area contributed by atoms with E-state index in [0.29, 0.717) is 0 Å². The summed E-state index contributed by atoms with van der Waals surface area (Å²) >= 11 is 0. The molecule has 21 heavy (non-hydrogen) atoms. The molecular formula is C14H29N5O2. The van der Waals surface area contributed by atoms with Gasteiger partial charge in [-0.15, -0.1) is 5.10 Å². The quantitative estimate of drug-likeness (QED) is 0.531. The van der Waals surface area contributed by atoms with Gasteiger partial charge < -0.3 is 14.8 Å². The second kappa shape index (κ2) is 11.6. The van der Waals surface area contributed by atoms with Crippen LogP contribution in [0.1, 0.15) is 19.5 Å². The molecule has 7 nitrogen and oxygen atoms in total. The van der Waals surface area contributed by atoms with Gasteiger partial charge in [0.25, 0.3) is 0 Å². The number of ether oxygens (including phenoxy) is 2. The van der Waals surface area contributed by atoms with E-state index in [1.807, 2.05) is 31.8 Å². The smallest absolute Gasteiger partial charge is 0.0964 e. The summed E-state index contributed by atoms with van der Waals surface area (Å²) in [5.41, 5.74) is 0.965. The molecule has 0 aliphatic rings. The monoisotopic (exact) mass is 299 g/mol. The van der Waals surface area contributed by atoms with E-state index in [1.54, 1.807) is 0 Å². The third-order valence-corrected chi connectivity index (χ3v) is 3.10. The maximum Gasteiger partial charge on any atom is 0.0964 e. The average Bonchev–Trinajstić information content (AvgIpc) is 2.93. The van der Waals surface area contributed by atoms with Crippen molar-refractivity contribution in [1.29, 1.82) is 0 Å². The second-order valence-corrected chi connectivity index (χ2v) is 4.74. The van der Waals surface area contributed by atoms with Crippen molar-refractivity contribution in [3.63, 3.8) is 0 Å². The van der Waals surface area contributed by atoms with Gasteiger partial charge in [-0.3, -0.25) is 9.58 Å². The average molecular weight is 299 g/mol. The van der Waals surface area contributed by atoms with Gasteiger partial charge in [0, 0.05) is 45.6 Å². The maximum absolute atomic E-state index is 5.43. The standard InChI is InChI=1S/C14H29N5O2/c1-4-20-10-8-18(9-11-21-5-2)6-7-19-13-14(12-15-3)16-17-19/h13,15H,4-12H2,1-3H3. The lowest BCUT2D eigenvalue weighted by molar-refractivity contribution is 0.0808. The maximum atomic E-state index is 5.43. The predicted octanol–water partition coefficient (Wildman–Crippen LogP) is 0.373. The minimum absolute atomic E-state index is 0.748. The van der Waals surface area contributed by atoms with Crippen LogP contribution in [0.2, 0.25) is 0 Å². The Labute approximate surface area is 127 Å². The van der Waals surface area contributed by atoms with E-state index < -0.39 is 0 Å². The first-order chi connectivity index (χ1) is 10.3. The summed E-state index contributed by atoms with van der Waals surface area (Å²) in [6.07, 6.45) is 1.99. The first-order valence-electron chi connectivity index (χ1n) is 7.71. The van der Waals surface area contributed by atoms with Crippen LogP contribution < -0.4 is 5.32 Å². The van der Waals surface area contributed by atoms with Gasteiger partial charge >= 0.3 is 0 Å². The van der Waals surface area contributed by atoms with E-state index in [-0.39, 0.29) is 0 Å². The summed E-state index contributed by atoms with van der Waals surface area (Å²) in [6, 6.07) is 0. The largest absolute Gasteiger partial charge is 0.380 e. The molecule has 1 N–H and O–H groups in total. The highest BCUT2D eigenvalue weighted by molar-refractivity contribution is 4.91. The zero-order valence-electron chi connectivity index (χ0n) is 13.5. The van der Waals surface area contributed by atoms with E-state index in [4.69, 9.17) is 9.47 Å². The molecule has 0 saturated carbocycles. The molecule has 1 aromatic heterocycles. The first-order valence-corrected chi connectivity index (χ1v) is 7.71. The highest BCUT2D eigenvalue weighted by Gasteiger charge is 2.06. The fourth-order valence-electron chi connectivity index (χ4n) is 1.97. The lowest BCUT2D eigenvalue weighted by atomic mass is 10.4. The molecule has 7 heteroatoms. The molecule has 0 fully saturated rings. The van der Waals surface area contributed by atoms with Gasteiger partial charge in [0.05, 0.1) is 25.5 Å². The van der Waals surface area contributed by atoms with E-state index in [9.17, 15) is 0 Å². The Kier molecular flexibility index (Phi) is 9.98. The van der Waals surface area contributed by atoms with Crippen molar-refractivity contribution < 1.29 is 9.47 Å². The summed E-state index contributed by atoms with van der Waals surface area (Å²) in [4.78, 5) is 2.34. The van der Waals surface area contributed by atoms with Crippen LogP contribution in [0.3, 0.4) is 0 Å². The molecule has 0 atom stereocenters. The molecule has 0 aliphatic carbocycles. The lowest BCUT2D eigenvalue weighted by Gasteiger charge is -2.21. The van der Waals surface area contributed by atoms with Crippen molar-refractivity contribution in [3.05, 3.63) is 11.9 Å². The molecule has 0 saturated heterocycles. The molecule has 122 valence electrons. The zero-order chi connectivity index (χ0) is 15.3. The fraction of sp³-hybridized carbons (Fsp3) is 0.857. The van der Waals surface area contributed by atoms with Crippen LogP contribution in [-0.2, 0) is 22.6 Å². The predicted molar refractivity (Wildman–Crippen MR) is 82.2 cm³/mol. The Morgan fingerprint density at radius 2 is 1.81 bits per heavy atom. The molecule has 0 aromatic carbocycles. The van der Waals surface area contributed by atoms with Crippen molar-refractivity contribution in [2.75, 3.05) is 53.1 Å². The number of nitrogens with one attached hydrogen (secondary N) is 1. The molecule has 1 aromatic rings. The normalized spacial score (nSPS) is 11.4.